The molecular weight excluding hydrogens is 373 g/mol. The van der Waals surface area contributed by atoms with Crippen molar-refractivity contribution >= 4 is 17.4 Å². The Labute approximate surface area is 158 Å². The van der Waals surface area contributed by atoms with Crippen molar-refractivity contribution < 1.29 is 22.4 Å². The molecule has 0 saturated carbocycles. The Morgan fingerprint density at radius 2 is 2.04 bits per heavy atom. The first-order valence-electron chi connectivity index (χ1n) is 8.51. The number of carbonyl (C=O) groups is 1. The summed E-state index contributed by atoms with van der Waals surface area (Å²) in [6, 6.07) is 7.52. The molecule has 6 nitrogen and oxygen atoms in total. The number of anilines is 2. The van der Waals surface area contributed by atoms with Gasteiger partial charge in [-0.3, -0.25) is 4.79 Å². The van der Waals surface area contributed by atoms with Crippen molar-refractivity contribution in [3.63, 3.8) is 0 Å². The number of carbonyl (C=O) groups excluding carboxylic acids is 1. The molecule has 0 spiro atoms. The Bertz CT molecular complexity index is 1010. The van der Waals surface area contributed by atoms with Crippen molar-refractivity contribution in [1.82, 2.24) is 9.97 Å². The van der Waals surface area contributed by atoms with Crippen molar-refractivity contribution in [3.05, 3.63) is 60.7 Å². The number of rotatable bonds is 4. The SMILES string of the molecule is O=C(Nc1c(-c2ccccc2F)ccnc1N1CCC(F)(F)C1)c1cnco1. The molecular formula is C19H15F3N4O2. The van der Waals surface area contributed by atoms with Gasteiger partial charge in [0.2, 0.25) is 5.76 Å². The number of amides is 1. The van der Waals surface area contributed by atoms with Gasteiger partial charge in [0.1, 0.15) is 5.82 Å². The molecule has 4 rings (SSSR count). The third-order valence-electron chi connectivity index (χ3n) is 4.46. The van der Waals surface area contributed by atoms with E-state index in [1.165, 1.54) is 41.6 Å². The zero-order valence-electron chi connectivity index (χ0n) is 14.5. The van der Waals surface area contributed by atoms with Gasteiger partial charge < -0.3 is 14.6 Å². The normalized spacial score (nSPS) is 15.6. The number of oxazole rings is 1. The van der Waals surface area contributed by atoms with Crippen LogP contribution in [-0.4, -0.2) is 34.9 Å². The van der Waals surface area contributed by atoms with Crippen LogP contribution in [0.5, 0.6) is 0 Å². The Morgan fingerprint density at radius 1 is 1.21 bits per heavy atom. The summed E-state index contributed by atoms with van der Waals surface area (Å²) in [6.07, 6.45) is 3.39. The van der Waals surface area contributed by atoms with Gasteiger partial charge in [0.05, 0.1) is 18.4 Å². The molecule has 3 aromatic rings. The molecule has 0 unspecified atom stereocenters. The molecule has 1 aliphatic rings. The minimum Gasteiger partial charge on any atom is -0.438 e. The van der Waals surface area contributed by atoms with E-state index in [1.807, 2.05) is 0 Å². The number of pyridine rings is 1. The van der Waals surface area contributed by atoms with Crippen LogP contribution < -0.4 is 10.2 Å². The second kappa shape index (κ2) is 6.99. The van der Waals surface area contributed by atoms with Gasteiger partial charge in [0, 0.05) is 30.3 Å². The molecule has 0 aliphatic carbocycles. The van der Waals surface area contributed by atoms with Crippen molar-refractivity contribution in [3.8, 4) is 11.1 Å². The number of benzene rings is 1. The van der Waals surface area contributed by atoms with E-state index in [0.29, 0.717) is 5.56 Å². The van der Waals surface area contributed by atoms with Crippen LogP contribution in [0.3, 0.4) is 0 Å². The smallest absolute Gasteiger partial charge is 0.293 e. The van der Waals surface area contributed by atoms with Gasteiger partial charge in [-0.2, -0.15) is 0 Å². The highest BCUT2D eigenvalue weighted by Crippen LogP contribution is 2.39. The quantitative estimate of drug-likeness (QED) is 0.732. The fourth-order valence-corrected chi connectivity index (χ4v) is 3.14. The van der Waals surface area contributed by atoms with Gasteiger partial charge in [-0.05, 0) is 12.1 Å². The van der Waals surface area contributed by atoms with Crippen molar-refractivity contribution in [2.75, 3.05) is 23.3 Å². The van der Waals surface area contributed by atoms with Crippen LogP contribution in [0.1, 0.15) is 17.0 Å². The summed E-state index contributed by atoms with van der Waals surface area (Å²) in [5, 5.41) is 2.62. The monoisotopic (exact) mass is 388 g/mol. The molecule has 1 saturated heterocycles. The number of aromatic nitrogens is 2. The average molecular weight is 388 g/mol. The molecule has 1 aromatic carbocycles. The number of nitrogens with one attached hydrogen (secondary N) is 1. The first-order valence-corrected chi connectivity index (χ1v) is 8.51. The summed E-state index contributed by atoms with van der Waals surface area (Å²) in [5.74, 6) is -3.94. The molecule has 1 amide bonds. The van der Waals surface area contributed by atoms with Crippen LogP contribution in [0.2, 0.25) is 0 Å². The molecule has 1 N–H and O–H groups in total. The third-order valence-corrected chi connectivity index (χ3v) is 4.46. The minimum absolute atomic E-state index is 0.0614. The fraction of sp³-hybridized carbons (Fsp3) is 0.211. The largest absolute Gasteiger partial charge is 0.438 e. The molecule has 1 aliphatic heterocycles. The van der Waals surface area contributed by atoms with Crippen molar-refractivity contribution in [2.24, 2.45) is 0 Å². The summed E-state index contributed by atoms with van der Waals surface area (Å²) in [4.78, 5) is 21.8. The van der Waals surface area contributed by atoms with Crippen LogP contribution in [0.15, 0.2) is 53.5 Å². The lowest BCUT2D eigenvalue weighted by molar-refractivity contribution is 0.0257. The maximum Gasteiger partial charge on any atom is 0.293 e. The first-order chi connectivity index (χ1) is 13.4. The lowest BCUT2D eigenvalue weighted by Crippen LogP contribution is -2.27. The molecule has 9 heteroatoms. The predicted octanol–water partition coefficient (Wildman–Crippen LogP) is 3.97. The zero-order chi connectivity index (χ0) is 19.7. The second-order valence-electron chi connectivity index (χ2n) is 6.38. The maximum absolute atomic E-state index is 14.4. The van der Waals surface area contributed by atoms with Crippen molar-refractivity contribution in [2.45, 2.75) is 12.3 Å². The average Bonchev–Trinajstić information content (AvgIpc) is 3.32. The number of alkyl halides is 2. The second-order valence-corrected chi connectivity index (χ2v) is 6.38. The predicted molar refractivity (Wildman–Crippen MR) is 95.9 cm³/mol. The molecule has 28 heavy (non-hydrogen) atoms. The summed E-state index contributed by atoms with van der Waals surface area (Å²) in [6.45, 7) is -0.474. The van der Waals surface area contributed by atoms with Gasteiger partial charge in [-0.25, -0.2) is 23.1 Å². The van der Waals surface area contributed by atoms with Crippen LogP contribution in [0.4, 0.5) is 24.7 Å². The number of halogens is 3. The lowest BCUT2D eigenvalue weighted by Gasteiger charge is -2.22. The molecule has 2 aromatic heterocycles. The molecule has 144 valence electrons. The summed E-state index contributed by atoms with van der Waals surface area (Å²) < 4.78 is 46.9. The van der Waals surface area contributed by atoms with Crippen LogP contribution in [-0.2, 0) is 0 Å². The van der Waals surface area contributed by atoms with E-state index in [2.05, 4.69) is 15.3 Å². The van der Waals surface area contributed by atoms with E-state index in [1.54, 1.807) is 6.07 Å². The lowest BCUT2D eigenvalue weighted by atomic mass is 10.0. The zero-order valence-corrected chi connectivity index (χ0v) is 14.5. The Hall–Kier alpha value is -3.36. The Balaban J connectivity index is 1.81. The van der Waals surface area contributed by atoms with Crippen LogP contribution in [0, 0.1) is 5.82 Å². The minimum atomic E-state index is -2.86. The van der Waals surface area contributed by atoms with E-state index in [9.17, 15) is 18.0 Å². The van der Waals surface area contributed by atoms with E-state index >= 15 is 0 Å². The molecule has 0 radical (unpaired) electrons. The van der Waals surface area contributed by atoms with Crippen LogP contribution >= 0.6 is 0 Å². The number of hydrogen-bond donors (Lipinski definition) is 1. The molecule has 0 bridgehead atoms. The van der Waals surface area contributed by atoms with Gasteiger partial charge in [0.15, 0.2) is 12.2 Å². The summed E-state index contributed by atoms with van der Waals surface area (Å²) in [7, 11) is 0. The van der Waals surface area contributed by atoms with Gasteiger partial charge in [-0.15, -0.1) is 0 Å². The Kier molecular flexibility index (Phi) is 4.50. The maximum atomic E-state index is 14.4. The highest BCUT2D eigenvalue weighted by molar-refractivity contribution is 6.06. The first kappa shape index (κ1) is 18.0. The van der Waals surface area contributed by atoms with E-state index in [0.717, 1.165) is 6.39 Å². The Morgan fingerprint density at radius 3 is 2.71 bits per heavy atom. The molecule has 3 heterocycles. The highest BCUT2D eigenvalue weighted by Gasteiger charge is 2.40. The molecule has 1 fully saturated rings. The fourth-order valence-electron chi connectivity index (χ4n) is 3.14. The van der Waals surface area contributed by atoms with E-state index in [-0.39, 0.29) is 35.8 Å². The van der Waals surface area contributed by atoms with Gasteiger partial charge in [-0.1, -0.05) is 18.2 Å². The van der Waals surface area contributed by atoms with Crippen molar-refractivity contribution in [1.29, 1.82) is 0 Å². The van der Waals surface area contributed by atoms with Gasteiger partial charge >= 0.3 is 0 Å². The third kappa shape index (κ3) is 3.42. The summed E-state index contributed by atoms with van der Waals surface area (Å²) in [5.41, 5.74) is 0.669. The highest BCUT2D eigenvalue weighted by atomic mass is 19.3. The standard InChI is InChI=1S/C19H15F3N4O2/c20-14-4-2-1-3-12(14)13-5-7-24-17(26-8-6-19(21,22)10-26)16(13)25-18(27)15-9-23-11-28-15/h1-5,7,9,11H,6,8,10H2,(H,25,27). The van der Waals surface area contributed by atoms with Gasteiger partial charge in [0.25, 0.3) is 11.8 Å². The van der Waals surface area contributed by atoms with E-state index < -0.39 is 24.2 Å². The topological polar surface area (TPSA) is 71.3 Å². The molecule has 0 atom stereocenters. The van der Waals surface area contributed by atoms with Crippen LogP contribution in [0.25, 0.3) is 11.1 Å². The number of nitrogens with zero attached hydrogens (tertiary/aromatic N) is 3. The van der Waals surface area contributed by atoms with E-state index in [4.69, 9.17) is 4.42 Å². The summed E-state index contributed by atoms with van der Waals surface area (Å²) >= 11 is 0. The number of hydrogen-bond acceptors (Lipinski definition) is 5.